The van der Waals surface area contributed by atoms with Crippen LogP contribution in [0.3, 0.4) is 0 Å². The first-order chi connectivity index (χ1) is 13.1. The van der Waals surface area contributed by atoms with E-state index < -0.39 is 30.3 Å². The van der Waals surface area contributed by atoms with E-state index >= 15 is 0 Å². The molecule has 0 aromatic heterocycles. The van der Waals surface area contributed by atoms with Gasteiger partial charge in [-0.05, 0) is 52.0 Å². The van der Waals surface area contributed by atoms with Gasteiger partial charge in [0.15, 0.2) is 0 Å². The Morgan fingerprint density at radius 3 is 2.28 bits per heavy atom. The van der Waals surface area contributed by atoms with Gasteiger partial charge in [-0.1, -0.05) is 11.6 Å². The van der Waals surface area contributed by atoms with Gasteiger partial charge in [-0.2, -0.15) is 0 Å². The number of rotatable bonds is 9. The van der Waals surface area contributed by atoms with E-state index in [1.165, 1.54) is 7.11 Å². The normalized spacial score (nSPS) is 19.2. The number of hydrogen-bond donors (Lipinski definition) is 2. The second kappa shape index (κ2) is 10.8. The van der Waals surface area contributed by atoms with Crippen molar-refractivity contribution >= 4 is 37.0 Å². The van der Waals surface area contributed by atoms with Crippen molar-refractivity contribution in [3.63, 3.8) is 0 Å². The molecule has 1 aliphatic heterocycles. The molecule has 1 aromatic carbocycles. The number of carbonyl (C=O) groups excluding carboxylic acids is 1. The first-order valence-corrected chi connectivity index (χ1v) is 9.72. The molecule has 0 radical (unpaired) electrons. The summed E-state index contributed by atoms with van der Waals surface area (Å²) in [5.41, 5.74) is 4.84. The van der Waals surface area contributed by atoms with Crippen LogP contribution in [0.2, 0.25) is 5.02 Å². The summed E-state index contributed by atoms with van der Waals surface area (Å²) >= 11 is 5.89. The Bertz CT molecular complexity index is 645. The van der Waals surface area contributed by atoms with Gasteiger partial charge in [0.1, 0.15) is 11.8 Å². The van der Waals surface area contributed by atoms with E-state index in [1.807, 2.05) is 27.7 Å². The minimum atomic E-state index is -0.771. The lowest BCUT2D eigenvalue weighted by Crippen LogP contribution is -2.54. The maximum atomic E-state index is 12.4. The Hall–Kier alpha value is -1.03. The number of hydrogen-bond acceptors (Lipinski definition) is 6. The molecule has 1 fully saturated rings. The highest BCUT2D eigenvalue weighted by atomic mass is 35.5. The van der Waals surface area contributed by atoms with Crippen LogP contribution in [0.25, 0.3) is 0 Å². The third kappa shape index (κ3) is 7.01. The van der Waals surface area contributed by atoms with Gasteiger partial charge < -0.3 is 29.8 Å². The maximum absolute atomic E-state index is 12.4. The van der Waals surface area contributed by atoms with Crippen LogP contribution in [-0.2, 0) is 18.8 Å². The number of benzene rings is 1. The Kier molecular flexibility index (Phi) is 9.72. The fraction of sp³-hybridized carbons (Fsp3) is 0.632. The number of nitrogens with two attached hydrogens (primary N) is 1. The zero-order chi connectivity index (χ0) is 20.9. The molecule has 1 unspecified atom stereocenters. The molecule has 1 amide bonds. The van der Waals surface area contributed by atoms with E-state index in [9.17, 15) is 4.79 Å². The topological polar surface area (TPSA) is 92.0 Å². The van der Waals surface area contributed by atoms with Crippen LogP contribution >= 0.6 is 24.0 Å². The minimum absolute atomic E-state index is 0. The Morgan fingerprint density at radius 1 is 1.21 bits per heavy atom. The van der Waals surface area contributed by atoms with Crippen LogP contribution in [0.1, 0.15) is 34.1 Å². The van der Waals surface area contributed by atoms with Crippen LogP contribution in [0, 0.1) is 0 Å². The van der Waals surface area contributed by atoms with E-state index in [1.54, 1.807) is 24.3 Å². The molecule has 0 saturated carbocycles. The third-order valence-corrected chi connectivity index (χ3v) is 5.37. The van der Waals surface area contributed by atoms with Crippen molar-refractivity contribution in [2.75, 3.05) is 20.3 Å². The number of nitrogens with one attached hydrogen (secondary N) is 1. The second-order valence-electron chi connectivity index (χ2n) is 7.89. The highest BCUT2D eigenvalue weighted by molar-refractivity contribution is 6.48. The molecular formula is C19H31BCl2N2O5. The molecule has 0 bridgehead atoms. The lowest BCUT2D eigenvalue weighted by Gasteiger charge is -2.32. The number of methoxy groups -OCH3 is 1. The summed E-state index contributed by atoms with van der Waals surface area (Å²) < 4.78 is 22.9. The molecule has 29 heavy (non-hydrogen) atoms. The Balaban J connectivity index is 0.00000420. The molecule has 1 heterocycles. The monoisotopic (exact) mass is 448 g/mol. The van der Waals surface area contributed by atoms with Crippen molar-refractivity contribution in [1.29, 1.82) is 0 Å². The van der Waals surface area contributed by atoms with Crippen molar-refractivity contribution in [2.45, 2.75) is 57.3 Å². The van der Waals surface area contributed by atoms with Crippen molar-refractivity contribution < 1.29 is 23.6 Å². The minimum Gasteiger partial charge on any atom is -0.494 e. The predicted molar refractivity (Wildman–Crippen MR) is 117 cm³/mol. The fourth-order valence-electron chi connectivity index (χ4n) is 2.71. The average molecular weight is 449 g/mol. The van der Waals surface area contributed by atoms with Gasteiger partial charge in [-0.3, -0.25) is 4.79 Å². The van der Waals surface area contributed by atoms with Crippen LogP contribution in [-0.4, -0.2) is 56.5 Å². The third-order valence-electron chi connectivity index (χ3n) is 5.12. The van der Waals surface area contributed by atoms with Crippen molar-refractivity contribution in [2.24, 2.45) is 5.73 Å². The summed E-state index contributed by atoms with van der Waals surface area (Å²) in [7, 11) is 0.885. The van der Waals surface area contributed by atoms with Gasteiger partial charge in [0.05, 0.1) is 30.4 Å². The van der Waals surface area contributed by atoms with Gasteiger partial charge in [0, 0.05) is 18.6 Å². The average Bonchev–Trinajstić information content (AvgIpc) is 2.83. The zero-order valence-electron chi connectivity index (χ0n) is 17.6. The van der Waals surface area contributed by atoms with Crippen LogP contribution in [0.5, 0.6) is 5.75 Å². The summed E-state index contributed by atoms with van der Waals surface area (Å²) in [6.45, 7) is 8.35. The molecule has 1 aliphatic rings. The molecule has 1 aromatic rings. The molecule has 10 heteroatoms. The molecule has 7 nitrogen and oxygen atoms in total. The van der Waals surface area contributed by atoms with E-state index in [0.29, 0.717) is 23.8 Å². The van der Waals surface area contributed by atoms with Gasteiger partial charge in [0.25, 0.3) is 0 Å². The lowest BCUT2D eigenvalue weighted by molar-refractivity contribution is -0.123. The van der Waals surface area contributed by atoms with Crippen molar-refractivity contribution in [1.82, 2.24) is 5.32 Å². The number of amides is 1. The Labute approximate surface area is 184 Å². The molecule has 3 N–H and O–H groups in total. The Morgan fingerprint density at radius 2 is 1.76 bits per heavy atom. The summed E-state index contributed by atoms with van der Waals surface area (Å²) in [5, 5.41) is 3.56. The van der Waals surface area contributed by atoms with E-state index in [4.69, 9.17) is 36.1 Å². The van der Waals surface area contributed by atoms with Crippen molar-refractivity contribution in [3.8, 4) is 5.75 Å². The lowest BCUT2D eigenvalue weighted by atomic mass is 9.76. The molecule has 2 rings (SSSR count). The highest BCUT2D eigenvalue weighted by Crippen LogP contribution is 2.37. The highest BCUT2D eigenvalue weighted by Gasteiger charge is 2.54. The molecule has 2 atom stereocenters. The van der Waals surface area contributed by atoms with E-state index in [-0.39, 0.29) is 24.9 Å². The maximum Gasteiger partial charge on any atom is 0.481 e. The molecule has 164 valence electrons. The summed E-state index contributed by atoms with van der Waals surface area (Å²) in [5.74, 6) is -0.0590. The van der Waals surface area contributed by atoms with Gasteiger partial charge in [0.2, 0.25) is 5.91 Å². The summed E-state index contributed by atoms with van der Waals surface area (Å²) in [6, 6.07) is 6.33. The first-order valence-electron chi connectivity index (χ1n) is 9.34. The predicted octanol–water partition coefficient (Wildman–Crippen LogP) is 2.62. The van der Waals surface area contributed by atoms with Crippen LogP contribution in [0.15, 0.2) is 24.3 Å². The summed E-state index contributed by atoms with van der Waals surface area (Å²) in [6.07, 6.45) is 0.477. The number of ether oxygens (including phenoxy) is 2. The number of halogens is 2. The quantitative estimate of drug-likeness (QED) is 0.564. The SMILES string of the molecule is COCC(N)C(=O)N[C@@H](CCOc1ccc(Cl)cc1)B1OC(C)(C)C(C)(C)O1.Cl. The summed E-state index contributed by atoms with van der Waals surface area (Å²) in [4.78, 5) is 12.4. The molecular weight excluding hydrogens is 418 g/mol. The molecule has 0 spiro atoms. The van der Waals surface area contributed by atoms with E-state index in [2.05, 4.69) is 5.32 Å². The van der Waals surface area contributed by atoms with Crippen molar-refractivity contribution in [3.05, 3.63) is 29.3 Å². The second-order valence-corrected chi connectivity index (χ2v) is 8.33. The smallest absolute Gasteiger partial charge is 0.481 e. The fourth-order valence-corrected chi connectivity index (χ4v) is 2.83. The zero-order valence-corrected chi connectivity index (χ0v) is 19.1. The first kappa shape index (κ1) is 26.0. The number of carbonyl (C=O) groups is 1. The molecule has 0 aliphatic carbocycles. The van der Waals surface area contributed by atoms with Gasteiger partial charge in [-0.15, -0.1) is 12.4 Å². The van der Waals surface area contributed by atoms with Gasteiger partial charge in [-0.25, -0.2) is 0 Å². The van der Waals surface area contributed by atoms with Crippen LogP contribution < -0.4 is 15.8 Å². The standard InChI is InChI=1S/C19H30BClN2O5.ClH/c1-18(2)19(3,4)28-20(27-18)16(23-17(24)15(22)12-25-5)10-11-26-14-8-6-13(21)7-9-14;/h6-9,15-16H,10-12,22H2,1-5H3,(H,23,24);1H/t15?,16-;/m0./s1. The van der Waals surface area contributed by atoms with Gasteiger partial charge >= 0.3 is 7.12 Å². The van der Waals surface area contributed by atoms with Crippen LogP contribution in [0.4, 0.5) is 0 Å². The largest absolute Gasteiger partial charge is 0.494 e. The van der Waals surface area contributed by atoms with E-state index in [0.717, 1.165) is 0 Å². The molecule has 1 saturated heterocycles.